The van der Waals surface area contributed by atoms with Crippen LogP contribution in [0.15, 0.2) is 42.6 Å². The minimum Gasteiger partial charge on any atom is -0.338 e. The Morgan fingerprint density at radius 2 is 1.93 bits per heavy atom. The summed E-state index contributed by atoms with van der Waals surface area (Å²) in [4.78, 5) is 17.0. The van der Waals surface area contributed by atoms with Crippen LogP contribution in [-0.2, 0) is 19.4 Å². The van der Waals surface area contributed by atoms with Gasteiger partial charge in [0.05, 0.1) is 18.3 Å². The number of nitrogens with zero attached hydrogens (tertiary/aromatic N) is 2. The number of rotatable bonds is 3. The van der Waals surface area contributed by atoms with E-state index in [1.165, 1.54) is 51.5 Å². The van der Waals surface area contributed by atoms with E-state index < -0.39 is 0 Å². The summed E-state index contributed by atoms with van der Waals surface area (Å²) in [5.41, 5.74) is 6.42. The highest BCUT2D eigenvalue weighted by Gasteiger charge is 2.35. The van der Waals surface area contributed by atoms with Crippen molar-refractivity contribution in [3.8, 4) is 5.00 Å². The van der Waals surface area contributed by atoms with E-state index in [0.29, 0.717) is 13.1 Å². The second kappa shape index (κ2) is 7.95. The molecule has 5 heteroatoms. The first-order chi connectivity index (χ1) is 14.7. The molecule has 156 valence electrons. The van der Waals surface area contributed by atoms with Crippen LogP contribution in [0, 0.1) is 6.92 Å². The lowest BCUT2D eigenvalue weighted by Gasteiger charge is -2.31. The zero-order valence-corrected chi connectivity index (χ0v) is 18.6. The highest BCUT2D eigenvalue weighted by molar-refractivity contribution is 7.15. The van der Waals surface area contributed by atoms with E-state index in [1.807, 2.05) is 11.3 Å². The van der Waals surface area contributed by atoms with Gasteiger partial charge in [-0.1, -0.05) is 36.8 Å². The molecule has 0 saturated heterocycles. The number of benzene rings is 1. The summed E-state index contributed by atoms with van der Waals surface area (Å²) < 4.78 is 2.34. The Morgan fingerprint density at radius 1 is 1.13 bits per heavy atom. The molecule has 1 atom stereocenters. The van der Waals surface area contributed by atoms with Gasteiger partial charge >= 0.3 is 6.03 Å². The Balaban J connectivity index is 1.67. The van der Waals surface area contributed by atoms with Crippen molar-refractivity contribution in [2.45, 2.75) is 58.5 Å². The molecule has 2 aromatic heterocycles. The summed E-state index contributed by atoms with van der Waals surface area (Å²) in [6, 6.07) is 12.9. The number of aryl methyl sites for hydroxylation is 2. The molecule has 4 nitrogen and oxygen atoms in total. The highest BCUT2D eigenvalue weighted by atomic mass is 32.1. The molecule has 2 amide bonds. The SMILES string of the molecule is CCCNC(=O)N1Cc2c(sc3c2CCCC3)-n2cccc2[C@H]1c1ccc(C)cc1. The second-order valence-electron chi connectivity index (χ2n) is 8.47. The Bertz CT molecular complexity index is 1060. The summed E-state index contributed by atoms with van der Waals surface area (Å²) >= 11 is 1.93. The number of hydrogen-bond acceptors (Lipinski definition) is 2. The van der Waals surface area contributed by atoms with Crippen LogP contribution in [0.3, 0.4) is 0 Å². The summed E-state index contributed by atoms with van der Waals surface area (Å²) in [5.74, 6) is 0. The van der Waals surface area contributed by atoms with E-state index in [2.05, 4.69) is 71.2 Å². The molecule has 0 radical (unpaired) electrons. The van der Waals surface area contributed by atoms with Gasteiger partial charge in [0.1, 0.15) is 5.00 Å². The third kappa shape index (κ3) is 3.25. The van der Waals surface area contributed by atoms with Crippen LogP contribution in [-0.4, -0.2) is 22.0 Å². The molecule has 3 heterocycles. The maximum absolute atomic E-state index is 13.4. The molecular formula is C25H29N3OS. The summed E-state index contributed by atoms with van der Waals surface area (Å²) in [7, 11) is 0. The average Bonchev–Trinajstić information content (AvgIpc) is 3.35. The molecule has 1 aliphatic carbocycles. The Hall–Kier alpha value is -2.53. The smallest absolute Gasteiger partial charge is 0.318 e. The quantitative estimate of drug-likeness (QED) is 0.577. The Labute approximate surface area is 182 Å². The molecule has 1 N–H and O–H groups in total. The number of nitrogens with one attached hydrogen (secondary N) is 1. The zero-order chi connectivity index (χ0) is 20.7. The molecule has 0 saturated carbocycles. The lowest BCUT2D eigenvalue weighted by atomic mass is 9.95. The molecule has 3 aromatic rings. The minimum atomic E-state index is -0.101. The van der Waals surface area contributed by atoms with Crippen molar-refractivity contribution < 1.29 is 4.79 Å². The summed E-state index contributed by atoms with van der Waals surface area (Å²) in [6.07, 6.45) is 7.94. The van der Waals surface area contributed by atoms with E-state index in [4.69, 9.17) is 0 Å². The largest absolute Gasteiger partial charge is 0.338 e. The van der Waals surface area contributed by atoms with E-state index in [1.54, 1.807) is 0 Å². The van der Waals surface area contributed by atoms with Crippen LogP contribution in [0.25, 0.3) is 5.00 Å². The Kier molecular flexibility index (Phi) is 5.15. The molecule has 0 bridgehead atoms. The predicted octanol–water partition coefficient (Wildman–Crippen LogP) is 5.75. The number of amides is 2. The fourth-order valence-electron chi connectivity index (χ4n) is 4.82. The number of carbonyl (C=O) groups excluding carboxylic acids is 1. The van der Waals surface area contributed by atoms with Gasteiger partial charge in [-0.25, -0.2) is 4.79 Å². The van der Waals surface area contributed by atoms with Crippen molar-refractivity contribution >= 4 is 17.4 Å². The number of thiophene rings is 1. The molecule has 0 fully saturated rings. The first kappa shape index (κ1) is 19.4. The van der Waals surface area contributed by atoms with Crippen LogP contribution in [0.5, 0.6) is 0 Å². The molecular weight excluding hydrogens is 390 g/mol. The van der Waals surface area contributed by atoms with E-state index in [9.17, 15) is 4.79 Å². The van der Waals surface area contributed by atoms with Crippen LogP contribution >= 0.6 is 11.3 Å². The Morgan fingerprint density at radius 3 is 2.73 bits per heavy atom. The first-order valence-electron chi connectivity index (χ1n) is 11.1. The van der Waals surface area contributed by atoms with Crippen molar-refractivity contribution in [1.82, 2.24) is 14.8 Å². The maximum atomic E-state index is 13.4. The van der Waals surface area contributed by atoms with E-state index in [0.717, 1.165) is 18.4 Å². The van der Waals surface area contributed by atoms with Crippen molar-refractivity contribution in [2.75, 3.05) is 6.54 Å². The summed E-state index contributed by atoms with van der Waals surface area (Å²) in [5, 5.41) is 4.46. The fourth-order valence-corrected chi connectivity index (χ4v) is 6.22. The molecule has 1 aromatic carbocycles. The van der Waals surface area contributed by atoms with Gasteiger partial charge < -0.3 is 14.8 Å². The van der Waals surface area contributed by atoms with Gasteiger partial charge in [-0.15, -0.1) is 11.3 Å². The minimum absolute atomic E-state index is 0.0267. The van der Waals surface area contributed by atoms with Gasteiger partial charge in [0, 0.05) is 23.2 Å². The van der Waals surface area contributed by atoms with Crippen LogP contribution in [0.4, 0.5) is 4.79 Å². The van der Waals surface area contributed by atoms with Gasteiger partial charge in [-0.2, -0.15) is 0 Å². The highest BCUT2D eigenvalue weighted by Crippen LogP contribution is 2.43. The molecule has 30 heavy (non-hydrogen) atoms. The van der Waals surface area contributed by atoms with Crippen molar-refractivity contribution in [1.29, 1.82) is 0 Å². The molecule has 0 unspecified atom stereocenters. The zero-order valence-electron chi connectivity index (χ0n) is 17.8. The first-order valence-corrected chi connectivity index (χ1v) is 11.9. The van der Waals surface area contributed by atoms with Gasteiger partial charge in [0.15, 0.2) is 0 Å². The average molecular weight is 420 g/mol. The molecule has 2 aliphatic rings. The number of hydrogen-bond donors (Lipinski definition) is 1. The van der Waals surface area contributed by atoms with Crippen LogP contribution < -0.4 is 5.32 Å². The van der Waals surface area contributed by atoms with Crippen molar-refractivity contribution in [2.24, 2.45) is 0 Å². The monoisotopic (exact) mass is 419 g/mol. The molecule has 1 aliphatic heterocycles. The van der Waals surface area contributed by atoms with E-state index >= 15 is 0 Å². The van der Waals surface area contributed by atoms with Crippen molar-refractivity contribution in [3.63, 3.8) is 0 Å². The second-order valence-corrected chi connectivity index (χ2v) is 9.55. The van der Waals surface area contributed by atoms with E-state index in [-0.39, 0.29) is 12.1 Å². The normalized spacial score (nSPS) is 17.7. The van der Waals surface area contributed by atoms with Gasteiger partial charge in [-0.05, 0) is 62.3 Å². The number of fused-ring (bicyclic) bond motifs is 5. The molecule has 5 rings (SSSR count). The standard InChI is InChI=1S/C25H29N3OS/c1-3-14-26-25(29)28-16-20-19-7-4-5-9-22(19)30-24(20)27-15-6-8-21(27)23(28)18-12-10-17(2)11-13-18/h6,8,10-13,15,23H,3-5,7,9,14,16H2,1-2H3,(H,26,29)/t23-/m1/s1. The number of aromatic nitrogens is 1. The summed E-state index contributed by atoms with van der Waals surface area (Å²) in [6.45, 7) is 5.57. The lowest BCUT2D eigenvalue weighted by molar-refractivity contribution is 0.180. The topological polar surface area (TPSA) is 37.3 Å². The van der Waals surface area contributed by atoms with Crippen LogP contribution in [0.1, 0.15) is 65.1 Å². The fraction of sp³-hybridized carbons (Fsp3) is 0.400. The molecule has 0 spiro atoms. The predicted molar refractivity (Wildman–Crippen MR) is 123 cm³/mol. The maximum Gasteiger partial charge on any atom is 0.318 e. The van der Waals surface area contributed by atoms with Gasteiger partial charge in [0.2, 0.25) is 0 Å². The lowest BCUT2D eigenvalue weighted by Crippen LogP contribution is -2.42. The third-order valence-electron chi connectivity index (χ3n) is 6.36. The van der Waals surface area contributed by atoms with Gasteiger partial charge in [0.25, 0.3) is 0 Å². The van der Waals surface area contributed by atoms with Crippen LogP contribution in [0.2, 0.25) is 0 Å². The van der Waals surface area contributed by atoms with Gasteiger partial charge in [-0.3, -0.25) is 0 Å². The van der Waals surface area contributed by atoms with Crippen molar-refractivity contribution in [3.05, 3.63) is 75.4 Å². The third-order valence-corrected chi connectivity index (χ3v) is 7.69. The number of carbonyl (C=O) groups is 1. The number of urea groups is 1.